The Morgan fingerprint density at radius 2 is 1.93 bits per heavy atom. The Balaban J connectivity index is 1.47. The van der Waals surface area contributed by atoms with Gasteiger partial charge in [-0.3, -0.25) is 9.59 Å². The number of piperidine rings is 2. The number of nitrogens with one attached hydrogen (secondary N) is 1. The van der Waals surface area contributed by atoms with Gasteiger partial charge in [0, 0.05) is 35.9 Å². The quantitative estimate of drug-likeness (QED) is 0.808. The molecule has 1 atom stereocenters. The first-order valence-electron chi connectivity index (χ1n) is 10.9. The third-order valence-electron chi connectivity index (χ3n) is 6.39. The lowest BCUT2D eigenvalue weighted by molar-refractivity contribution is -0.131. The second-order valence-electron chi connectivity index (χ2n) is 8.73. The lowest BCUT2D eigenvalue weighted by atomic mass is 9.93. The topological polar surface area (TPSA) is 82.2 Å². The average Bonchev–Trinajstić information content (AvgIpc) is 3.04. The van der Waals surface area contributed by atoms with Gasteiger partial charge in [0.2, 0.25) is 5.91 Å². The van der Waals surface area contributed by atoms with Crippen molar-refractivity contribution in [2.75, 3.05) is 33.2 Å². The molecule has 7 nitrogen and oxygen atoms in total. The summed E-state index contributed by atoms with van der Waals surface area (Å²) in [6.07, 6.45) is 4.35. The van der Waals surface area contributed by atoms with Gasteiger partial charge in [-0.25, -0.2) is 9.97 Å². The van der Waals surface area contributed by atoms with Crippen LogP contribution in [0.1, 0.15) is 64.6 Å². The molecule has 0 aromatic carbocycles. The number of nitrogens with zero attached hydrogens (tertiary/aromatic N) is 4. The summed E-state index contributed by atoms with van der Waals surface area (Å²) in [5.41, 5.74) is 1.72. The summed E-state index contributed by atoms with van der Waals surface area (Å²) in [6, 6.07) is 1.63. The molecule has 1 N–H and O–H groups in total. The molecule has 4 heterocycles. The van der Waals surface area contributed by atoms with Crippen molar-refractivity contribution in [2.45, 2.75) is 57.8 Å². The van der Waals surface area contributed by atoms with Crippen LogP contribution in [-0.4, -0.2) is 63.9 Å². The molecule has 2 aromatic rings. The van der Waals surface area contributed by atoms with E-state index in [1.54, 1.807) is 17.4 Å². The first-order valence-corrected chi connectivity index (χ1v) is 11.7. The Morgan fingerprint density at radius 3 is 2.63 bits per heavy atom. The van der Waals surface area contributed by atoms with E-state index in [0.717, 1.165) is 72.4 Å². The number of hydrogen-bond acceptors (Lipinski definition) is 6. The molecule has 162 valence electrons. The molecule has 30 heavy (non-hydrogen) atoms. The Bertz CT molecular complexity index is 961. The van der Waals surface area contributed by atoms with Crippen LogP contribution in [0.4, 0.5) is 0 Å². The van der Waals surface area contributed by atoms with Crippen LogP contribution in [-0.2, 0) is 11.2 Å². The number of thiazole rings is 1. The van der Waals surface area contributed by atoms with E-state index in [1.165, 1.54) is 0 Å². The number of hydrogen-bond donors (Lipinski definition) is 1. The van der Waals surface area contributed by atoms with Crippen LogP contribution in [0.2, 0.25) is 0 Å². The maximum absolute atomic E-state index is 12.9. The molecule has 2 fully saturated rings. The van der Waals surface area contributed by atoms with Gasteiger partial charge in [-0.05, 0) is 59.7 Å². The molecular formula is C22H31N5O2S. The summed E-state index contributed by atoms with van der Waals surface area (Å²) < 4.78 is 0. The van der Waals surface area contributed by atoms with Gasteiger partial charge in [0.25, 0.3) is 5.56 Å². The van der Waals surface area contributed by atoms with Crippen molar-refractivity contribution in [3.8, 4) is 0 Å². The van der Waals surface area contributed by atoms with Crippen molar-refractivity contribution in [3.05, 3.63) is 43.5 Å². The third kappa shape index (κ3) is 4.81. The van der Waals surface area contributed by atoms with Gasteiger partial charge in [-0.1, -0.05) is 0 Å². The lowest BCUT2D eigenvalue weighted by Crippen LogP contribution is -2.40. The van der Waals surface area contributed by atoms with E-state index in [4.69, 9.17) is 4.98 Å². The average molecular weight is 430 g/mol. The van der Waals surface area contributed by atoms with Crippen molar-refractivity contribution >= 4 is 17.2 Å². The highest BCUT2D eigenvalue weighted by Gasteiger charge is 2.28. The molecule has 2 aliphatic rings. The number of H-pyrrole nitrogens is 1. The molecule has 0 bridgehead atoms. The first-order chi connectivity index (χ1) is 14.4. The highest BCUT2D eigenvalue weighted by Crippen LogP contribution is 2.29. The Kier molecular flexibility index (Phi) is 6.34. The van der Waals surface area contributed by atoms with Gasteiger partial charge in [-0.15, -0.1) is 11.3 Å². The van der Waals surface area contributed by atoms with Crippen molar-refractivity contribution < 1.29 is 4.79 Å². The molecule has 0 aliphatic carbocycles. The number of aromatic amines is 1. The molecule has 8 heteroatoms. The number of aryl methyl sites for hydroxylation is 2. The Labute approximate surface area is 181 Å². The van der Waals surface area contributed by atoms with Gasteiger partial charge < -0.3 is 14.8 Å². The number of likely N-dealkylation sites (tertiary alicyclic amines) is 2. The zero-order chi connectivity index (χ0) is 21.3. The zero-order valence-electron chi connectivity index (χ0n) is 18.1. The molecule has 0 radical (unpaired) electrons. The minimum atomic E-state index is -0.0758. The van der Waals surface area contributed by atoms with Crippen molar-refractivity contribution in [3.63, 3.8) is 0 Å². The van der Waals surface area contributed by atoms with Gasteiger partial charge in [-0.2, -0.15) is 0 Å². The number of carbonyl (C=O) groups excluding carboxylic acids is 1. The van der Waals surface area contributed by atoms with Crippen molar-refractivity contribution in [1.29, 1.82) is 0 Å². The summed E-state index contributed by atoms with van der Waals surface area (Å²) in [5, 5.41) is 1.00. The predicted molar refractivity (Wildman–Crippen MR) is 118 cm³/mol. The van der Waals surface area contributed by atoms with E-state index in [0.29, 0.717) is 18.9 Å². The summed E-state index contributed by atoms with van der Waals surface area (Å²) in [4.78, 5) is 42.9. The van der Waals surface area contributed by atoms with Gasteiger partial charge in [0.05, 0.1) is 22.8 Å². The van der Waals surface area contributed by atoms with E-state index in [2.05, 4.69) is 21.9 Å². The summed E-state index contributed by atoms with van der Waals surface area (Å²) in [7, 11) is 2.13. The van der Waals surface area contributed by atoms with Crippen LogP contribution < -0.4 is 5.56 Å². The summed E-state index contributed by atoms with van der Waals surface area (Å²) in [6.45, 7) is 7.41. The molecule has 0 saturated carbocycles. The number of aromatic nitrogens is 3. The maximum atomic E-state index is 12.9. The van der Waals surface area contributed by atoms with Crippen LogP contribution in [0, 0.1) is 13.8 Å². The third-order valence-corrected chi connectivity index (χ3v) is 7.46. The molecule has 4 rings (SSSR count). The standard InChI is InChI=1S/C22H31N5O2S/c1-14-19(30-15(2)23-14)12-21(29)27-8-4-5-17(13-27)18-11-20(28)25-22(24-18)16-6-9-26(3)10-7-16/h11,16-17H,4-10,12-13H2,1-3H3,(H,24,25,28). The number of carbonyl (C=O) groups is 1. The van der Waals surface area contributed by atoms with Crippen molar-refractivity contribution in [1.82, 2.24) is 24.8 Å². The maximum Gasteiger partial charge on any atom is 0.251 e. The minimum absolute atomic E-state index is 0.0758. The van der Waals surface area contributed by atoms with E-state index >= 15 is 0 Å². The second-order valence-corrected chi connectivity index (χ2v) is 10.0. The van der Waals surface area contributed by atoms with Crippen LogP contribution >= 0.6 is 11.3 Å². The van der Waals surface area contributed by atoms with Crippen LogP contribution in [0.25, 0.3) is 0 Å². The van der Waals surface area contributed by atoms with Gasteiger partial charge >= 0.3 is 0 Å². The SMILES string of the molecule is Cc1nc(C)c(CC(=O)N2CCCC(c3cc(=O)[nH]c(C4CCN(C)CC4)n3)C2)s1. The normalized spacial score (nSPS) is 21.2. The molecule has 1 unspecified atom stereocenters. The van der Waals surface area contributed by atoms with E-state index in [-0.39, 0.29) is 17.4 Å². The fourth-order valence-electron chi connectivity index (χ4n) is 4.61. The molecule has 2 saturated heterocycles. The summed E-state index contributed by atoms with van der Waals surface area (Å²) in [5.74, 6) is 1.41. The number of rotatable bonds is 4. The highest BCUT2D eigenvalue weighted by atomic mass is 32.1. The zero-order valence-corrected chi connectivity index (χ0v) is 18.9. The Hall–Kier alpha value is -2.06. The van der Waals surface area contributed by atoms with Gasteiger partial charge in [0.1, 0.15) is 5.82 Å². The van der Waals surface area contributed by atoms with E-state index in [1.807, 2.05) is 18.7 Å². The van der Waals surface area contributed by atoms with Crippen molar-refractivity contribution in [2.24, 2.45) is 0 Å². The Morgan fingerprint density at radius 1 is 1.17 bits per heavy atom. The second kappa shape index (κ2) is 8.98. The largest absolute Gasteiger partial charge is 0.342 e. The first kappa shape index (κ1) is 21.2. The molecule has 1 amide bonds. The predicted octanol–water partition coefficient (Wildman–Crippen LogP) is 2.60. The number of amides is 1. The minimum Gasteiger partial charge on any atom is -0.342 e. The smallest absolute Gasteiger partial charge is 0.251 e. The molecular weight excluding hydrogens is 398 g/mol. The van der Waals surface area contributed by atoms with Crippen LogP contribution in [0.15, 0.2) is 10.9 Å². The van der Waals surface area contributed by atoms with Gasteiger partial charge in [0.15, 0.2) is 0 Å². The monoisotopic (exact) mass is 429 g/mol. The van der Waals surface area contributed by atoms with E-state index < -0.39 is 0 Å². The fourth-order valence-corrected chi connectivity index (χ4v) is 5.54. The fraction of sp³-hybridized carbons (Fsp3) is 0.636. The lowest BCUT2D eigenvalue weighted by Gasteiger charge is -2.33. The van der Waals surface area contributed by atoms with E-state index in [9.17, 15) is 9.59 Å². The highest BCUT2D eigenvalue weighted by molar-refractivity contribution is 7.11. The summed E-state index contributed by atoms with van der Waals surface area (Å²) >= 11 is 1.60. The molecule has 0 spiro atoms. The van der Waals surface area contributed by atoms with Crippen LogP contribution in [0.3, 0.4) is 0 Å². The molecule has 2 aliphatic heterocycles. The van der Waals surface area contributed by atoms with Crippen LogP contribution in [0.5, 0.6) is 0 Å². The molecule has 2 aromatic heterocycles.